The number of amides is 2. The molecule has 0 saturated heterocycles. The molecule has 2 amide bonds. The van der Waals surface area contributed by atoms with Crippen LogP contribution in [0.4, 0.5) is 5.00 Å². The number of rotatable bonds is 4. The Labute approximate surface area is 166 Å². The average molecular weight is 396 g/mol. The first-order valence-corrected chi connectivity index (χ1v) is 9.91. The van der Waals surface area contributed by atoms with Gasteiger partial charge in [0.15, 0.2) is 5.82 Å². The van der Waals surface area contributed by atoms with Crippen LogP contribution in [0.25, 0.3) is 11.4 Å². The third-order valence-electron chi connectivity index (χ3n) is 4.86. The molecule has 0 saturated carbocycles. The fourth-order valence-electron chi connectivity index (χ4n) is 3.47. The number of fused-ring (bicyclic) bond motifs is 1. The van der Waals surface area contributed by atoms with Crippen LogP contribution in [0, 0.1) is 0 Å². The van der Waals surface area contributed by atoms with Gasteiger partial charge in [-0.05, 0) is 53.8 Å². The van der Waals surface area contributed by atoms with E-state index in [0.29, 0.717) is 22.0 Å². The molecule has 0 fully saturated rings. The number of hydrogen-bond acceptors (Lipinski definition) is 6. The van der Waals surface area contributed by atoms with E-state index in [9.17, 15) is 9.59 Å². The summed E-state index contributed by atoms with van der Waals surface area (Å²) in [6.07, 6.45) is 4.00. The molecule has 144 valence electrons. The Balaban J connectivity index is 1.65. The SMILES string of the molecule is CNC(=O)c1c(NC(=O)c2cccc(-c3nnnn3C)c2)sc2c1CCCC2. The molecule has 0 spiro atoms. The zero-order chi connectivity index (χ0) is 19.7. The highest BCUT2D eigenvalue weighted by atomic mass is 32.1. The van der Waals surface area contributed by atoms with E-state index in [4.69, 9.17) is 0 Å². The smallest absolute Gasteiger partial charge is 0.256 e. The van der Waals surface area contributed by atoms with Crippen LogP contribution in [0.3, 0.4) is 0 Å². The molecule has 1 aliphatic rings. The summed E-state index contributed by atoms with van der Waals surface area (Å²) in [4.78, 5) is 26.5. The Kier molecular flexibility index (Phi) is 4.91. The van der Waals surface area contributed by atoms with E-state index in [2.05, 4.69) is 26.2 Å². The molecule has 0 bridgehead atoms. The van der Waals surface area contributed by atoms with Crippen molar-refractivity contribution in [2.75, 3.05) is 12.4 Å². The lowest BCUT2D eigenvalue weighted by molar-refractivity contribution is 0.0963. The number of aryl methyl sites for hydroxylation is 2. The van der Waals surface area contributed by atoms with Gasteiger partial charge in [0.25, 0.3) is 11.8 Å². The maximum absolute atomic E-state index is 12.9. The van der Waals surface area contributed by atoms with E-state index < -0.39 is 0 Å². The number of carbonyl (C=O) groups excluding carboxylic acids is 2. The molecule has 4 rings (SSSR count). The van der Waals surface area contributed by atoms with Gasteiger partial charge >= 0.3 is 0 Å². The second kappa shape index (κ2) is 7.51. The van der Waals surface area contributed by atoms with Crippen molar-refractivity contribution in [3.05, 3.63) is 45.8 Å². The van der Waals surface area contributed by atoms with E-state index in [1.807, 2.05) is 6.07 Å². The van der Waals surface area contributed by atoms with E-state index >= 15 is 0 Å². The lowest BCUT2D eigenvalue weighted by Gasteiger charge is -2.12. The summed E-state index contributed by atoms with van der Waals surface area (Å²) in [6.45, 7) is 0. The van der Waals surface area contributed by atoms with Crippen molar-refractivity contribution >= 4 is 28.2 Å². The largest absolute Gasteiger partial charge is 0.355 e. The second-order valence-electron chi connectivity index (χ2n) is 6.66. The molecule has 0 atom stereocenters. The van der Waals surface area contributed by atoms with Gasteiger partial charge in [-0.3, -0.25) is 9.59 Å². The standard InChI is InChI=1S/C19H20N6O2S/c1-20-18(27)15-13-8-3-4-9-14(13)28-19(15)21-17(26)12-7-5-6-11(10-12)16-22-23-24-25(16)2/h5-7,10H,3-4,8-9H2,1-2H3,(H,20,27)(H,21,26). The summed E-state index contributed by atoms with van der Waals surface area (Å²) >= 11 is 1.50. The molecule has 8 nitrogen and oxygen atoms in total. The summed E-state index contributed by atoms with van der Waals surface area (Å²) in [6, 6.07) is 7.12. The molecular weight excluding hydrogens is 376 g/mol. The number of aromatic nitrogens is 4. The molecule has 0 aliphatic heterocycles. The van der Waals surface area contributed by atoms with Crippen LogP contribution in [-0.2, 0) is 19.9 Å². The van der Waals surface area contributed by atoms with Crippen molar-refractivity contribution in [1.29, 1.82) is 0 Å². The molecule has 2 N–H and O–H groups in total. The zero-order valence-electron chi connectivity index (χ0n) is 15.7. The van der Waals surface area contributed by atoms with Gasteiger partial charge in [-0.15, -0.1) is 16.4 Å². The lowest BCUT2D eigenvalue weighted by Crippen LogP contribution is -2.22. The molecular formula is C19H20N6O2S. The van der Waals surface area contributed by atoms with Gasteiger partial charge in [0.2, 0.25) is 0 Å². The van der Waals surface area contributed by atoms with Crippen molar-refractivity contribution in [2.24, 2.45) is 7.05 Å². The number of nitrogens with zero attached hydrogens (tertiary/aromatic N) is 4. The normalized spacial score (nSPS) is 13.1. The minimum atomic E-state index is -0.263. The molecule has 1 aromatic carbocycles. The quantitative estimate of drug-likeness (QED) is 0.705. The van der Waals surface area contributed by atoms with Crippen molar-refractivity contribution in [3.63, 3.8) is 0 Å². The molecule has 9 heteroatoms. The lowest BCUT2D eigenvalue weighted by atomic mass is 9.95. The van der Waals surface area contributed by atoms with Crippen LogP contribution in [0.1, 0.15) is 44.0 Å². The molecule has 1 aliphatic carbocycles. The van der Waals surface area contributed by atoms with Gasteiger partial charge in [-0.2, -0.15) is 0 Å². The van der Waals surface area contributed by atoms with Gasteiger partial charge in [0, 0.05) is 30.1 Å². The molecule has 0 unspecified atom stereocenters. The number of benzene rings is 1. The van der Waals surface area contributed by atoms with Crippen molar-refractivity contribution in [2.45, 2.75) is 25.7 Å². The summed E-state index contributed by atoms with van der Waals surface area (Å²) < 4.78 is 1.55. The monoisotopic (exact) mass is 396 g/mol. The van der Waals surface area contributed by atoms with Crippen LogP contribution in [0.5, 0.6) is 0 Å². The summed E-state index contributed by atoms with van der Waals surface area (Å²) in [7, 11) is 3.35. The Morgan fingerprint density at radius 3 is 2.75 bits per heavy atom. The second-order valence-corrected chi connectivity index (χ2v) is 7.76. The third-order valence-corrected chi connectivity index (χ3v) is 6.06. The van der Waals surface area contributed by atoms with E-state index in [0.717, 1.165) is 36.8 Å². The number of nitrogens with one attached hydrogen (secondary N) is 2. The van der Waals surface area contributed by atoms with E-state index in [1.54, 1.807) is 37.0 Å². The van der Waals surface area contributed by atoms with Crippen LogP contribution >= 0.6 is 11.3 Å². The van der Waals surface area contributed by atoms with Crippen molar-refractivity contribution in [1.82, 2.24) is 25.5 Å². The maximum Gasteiger partial charge on any atom is 0.256 e. The predicted octanol–water partition coefficient (Wildman–Crippen LogP) is 2.43. The summed E-state index contributed by atoms with van der Waals surface area (Å²) in [5.74, 6) is 0.154. The highest BCUT2D eigenvalue weighted by molar-refractivity contribution is 7.17. The molecule has 28 heavy (non-hydrogen) atoms. The van der Waals surface area contributed by atoms with E-state index in [-0.39, 0.29) is 11.8 Å². The first-order chi connectivity index (χ1) is 13.6. The predicted molar refractivity (Wildman–Crippen MR) is 107 cm³/mol. The Hall–Kier alpha value is -3.07. The Bertz CT molecular complexity index is 1050. The van der Waals surface area contributed by atoms with Gasteiger partial charge in [0.1, 0.15) is 5.00 Å². The number of hydrogen-bond donors (Lipinski definition) is 2. The molecule has 3 aromatic rings. The molecule has 0 radical (unpaired) electrons. The number of tetrazole rings is 1. The Morgan fingerprint density at radius 1 is 1.18 bits per heavy atom. The fourth-order valence-corrected chi connectivity index (χ4v) is 4.75. The van der Waals surface area contributed by atoms with Crippen LogP contribution in [-0.4, -0.2) is 39.1 Å². The number of carbonyl (C=O) groups is 2. The Morgan fingerprint density at radius 2 is 2.00 bits per heavy atom. The topological polar surface area (TPSA) is 102 Å². The van der Waals surface area contributed by atoms with Crippen LogP contribution in [0.2, 0.25) is 0 Å². The zero-order valence-corrected chi connectivity index (χ0v) is 16.5. The number of thiophene rings is 1. The minimum absolute atomic E-state index is 0.159. The first kappa shape index (κ1) is 18.3. The van der Waals surface area contributed by atoms with Crippen molar-refractivity contribution < 1.29 is 9.59 Å². The minimum Gasteiger partial charge on any atom is -0.355 e. The van der Waals surface area contributed by atoms with Crippen LogP contribution < -0.4 is 10.6 Å². The fraction of sp³-hybridized carbons (Fsp3) is 0.316. The van der Waals surface area contributed by atoms with Crippen LogP contribution in [0.15, 0.2) is 24.3 Å². The maximum atomic E-state index is 12.9. The number of anilines is 1. The van der Waals surface area contributed by atoms with Crippen molar-refractivity contribution in [3.8, 4) is 11.4 Å². The third kappa shape index (κ3) is 3.29. The van der Waals surface area contributed by atoms with Gasteiger partial charge in [0.05, 0.1) is 5.56 Å². The molecule has 2 heterocycles. The van der Waals surface area contributed by atoms with Gasteiger partial charge in [-0.25, -0.2) is 4.68 Å². The highest BCUT2D eigenvalue weighted by Crippen LogP contribution is 2.38. The average Bonchev–Trinajstić information content (AvgIpc) is 3.30. The van der Waals surface area contributed by atoms with Gasteiger partial charge < -0.3 is 10.6 Å². The summed E-state index contributed by atoms with van der Waals surface area (Å²) in [5.41, 5.74) is 2.90. The first-order valence-electron chi connectivity index (χ1n) is 9.09. The molecule has 2 aromatic heterocycles. The highest BCUT2D eigenvalue weighted by Gasteiger charge is 2.26. The van der Waals surface area contributed by atoms with Gasteiger partial charge in [-0.1, -0.05) is 12.1 Å². The van der Waals surface area contributed by atoms with E-state index in [1.165, 1.54) is 16.2 Å². The summed E-state index contributed by atoms with van der Waals surface area (Å²) in [5, 5.41) is 17.7.